The van der Waals surface area contributed by atoms with Crippen molar-refractivity contribution in [2.45, 2.75) is 6.92 Å². The Labute approximate surface area is 73.6 Å². The van der Waals surface area contributed by atoms with E-state index in [1.165, 1.54) is 5.56 Å². The molecule has 0 aliphatic heterocycles. The zero-order chi connectivity index (χ0) is 7.56. The molecule has 0 heterocycles. The second-order valence-corrected chi connectivity index (χ2v) is 9.36. The second kappa shape index (κ2) is 3.65. The van der Waals surface area contributed by atoms with Crippen molar-refractivity contribution in [2.24, 2.45) is 0 Å². The van der Waals surface area contributed by atoms with Gasteiger partial charge in [-0.3, -0.25) is 0 Å². The van der Waals surface area contributed by atoms with Crippen LogP contribution in [0.3, 0.4) is 0 Å². The molecule has 1 aromatic carbocycles. The van der Waals surface area contributed by atoms with E-state index in [0.29, 0.717) is 0 Å². The van der Waals surface area contributed by atoms with Crippen molar-refractivity contribution >= 4 is 36.9 Å². The maximum absolute atomic E-state index is 5.79. The van der Waals surface area contributed by atoms with E-state index >= 15 is 0 Å². The van der Waals surface area contributed by atoms with Crippen LogP contribution >= 0.6 is 20.0 Å². The molecule has 0 fully saturated rings. The summed E-state index contributed by atoms with van der Waals surface area (Å²) in [5.41, 5.74) is 1.25. The van der Waals surface area contributed by atoms with Crippen LogP contribution in [0.1, 0.15) is 5.56 Å². The summed E-state index contributed by atoms with van der Waals surface area (Å²) in [6.07, 6.45) is 0. The monoisotopic (exact) mass is 235 g/mol. The molecule has 0 aliphatic carbocycles. The molecule has 0 unspecified atom stereocenters. The van der Waals surface area contributed by atoms with E-state index < -0.39 is 12.5 Å². The van der Waals surface area contributed by atoms with Gasteiger partial charge in [-0.25, -0.2) is 0 Å². The van der Waals surface area contributed by atoms with Gasteiger partial charge >= 0.3 is 73.7 Å². The Balaban J connectivity index is 2.89. The molecule has 1 radical (unpaired) electrons. The zero-order valence-corrected chi connectivity index (χ0v) is 9.18. The van der Waals surface area contributed by atoms with Crippen molar-refractivity contribution in [3.05, 3.63) is 29.8 Å². The first kappa shape index (κ1) is 8.44. The van der Waals surface area contributed by atoms with Gasteiger partial charge in [-0.05, 0) is 0 Å². The van der Waals surface area contributed by atoms with E-state index in [2.05, 4.69) is 0 Å². The molecule has 1 rings (SSSR count). The number of benzene rings is 1. The van der Waals surface area contributed by atoms with Gasteiger partial charge in [0, 0.05) is 0 Å². The van der Waals surface area contributed by atoms with E-state index in [9.17, 15) is 0 Å². The molecular formula is C7H7Cl2Ge. The van der Waals surface area contributed by atoms with Gasteiger partial charge in [0.05, 0.1) is 0 Å². The molecule has 0 saturated carbocycles. The van der Waals surface area contributed by atoms with Crippen LogP contribution in [0, 0.1) is 6.92 Å². The summed E-state index contributed by atoms with van der Waals surface area (Å²) >= 11 is -1.85. The average molecular weight is 235 g/mol. The Morgan fingerprint density at radius 2 is 1.60 bits per heavy atom. The Bertz CT molecular complexity index is 205. The molecule has 10 heavy (non-hydrogen) atoms. The third-order valence-corrected chi connectivity index (χ3v) is 5.15. The number of halogens is 2. The molecule has 0 N–H and O–H groups in total. The second-order valence-electron chi connectivity index (χ2n) is 2.13. The third kappa shape index (κ3) is 2.19. The van der Waals surface area contributed by atoms with Gasteiger partial charge in [0.25, 0.3) is 0 Å². The van der Waals surface area contributed by atoms with Gasteiger partial charge in [-0.1, -0.05) is 0 Å². The molecule has 3 heteroatoms. The molecule has 0 saturated heterocycles. The Hall–Kier alpha value is 0.343. The first-order valence-corrected chi connectivity index (χ1v) is 9.51. The van der Waals surface area contributed by atoms with Crippen LogP contribution in [0.4, 0.5) is 0 Å². The first-order valence-electron chi connectivity index (χ1n) is 2.95. The summed E-state index contributed by atoms with van der Waals surface area (Å²) in [6, 6.07) is 8.08. The van der Waals surface area contributed by atoms with E-state index in [4.69, 9.17) is 20.0 Å². The number of hydrogen-bond donors (Lipinski definition) is 0. The van der Waals surface area contributed by atoms with Gasteiger partial charge in [0.2, 0.25) is 0 Å². The molecule has 0 amide bonds. The quantitative estimate of drug-likeness (QED) is 0.654. The molecule has 0 spiro atoms. The van der Waals surface area contributed by atoms with Crippen molar-refractivity contribution in [1.29, 1.82) is 0 Å². The van der Waals surface area contributed by atoms with Crippen molar-refractivity contribution in [3.8, 4) is 0 Å². The van der Waals surface area contributed by atoms with Gasteiger partial charge in [0.15, 0.2) is 0 Å². The fraction of sp³-hybridized carbons (Fsp3) is 0.143. The standard InChI is InChI=1S/C7H7Cl2Ge/c1-6-2-4-7(5-3-6)10(8)9/h2-5H,1H3. The molecule has 0 nitrogen and oxygen atoms in total. The van der Waals surface area contributed by atoms with Crippen LogP contribution < -0.4 is 4.40 Å². The number of rotatable bonds is 1. The predicted octanol–water partition coefficient (Wildman–Crippen LogP) is 2.17. The van der Waals surface area contributed by atoms with Gasteiger partial charge < -0.3 is 0 Å². The van der Waals surface area contributed by atoms with Crippen LogP contribution in [0.15, 0.2) is 24.3 Å². The van der Waals surface area contributed by atoms with Crippen LogP contribution in [-0.4, -0.2) is 12.5 Å². The summed E-state index contributed by atoms with van der Waals surface area (Å²) in [6.45, 7) is 2.05. The molecule has 0 aliphatic rings. The van der Waals surface area contributed by atoms with E-state index in [1.807, 2.05) is 31.2 Å². The predicted molar refractivity (Wildman–Crippen MR) is 48.3 cm³/mol. The molecule has 53 valence electrons. The van der Waals surface area contributed by atoms with Crippen molar-refractivity contribution in [3.63, 3.8) is 0 Å². The summed E-state index contributed by atoms with van der Waals surface area (Å²) < 4.78 is 1.12. The zero-order valence-electron chi connectivity index (χ0n) is 5.57. The molecular weight excluding hydrogens is 228 g/mol. The fourth-order valence-corrected chi connectivity index (χ4v) is 2.87. The summed E-state index contributed by atoms with van der Waals surface area (Å²) in [4.78, 5) is 0. The molecule has 1 aromatic rings. The minimum atomic E-state index is -1.85. The van der Waals surface area contributed by atoms with E-state index in [-0.39, 0.29) is 0 Å². The molecule has 0 aromatic heterocycles. The normalized spacial score (nSPS) is 10.4. The summed E-state index contributed by atoms with van der Waals surface area (Å²) in [5, 5.41) is 0. The first-order chi connectivity index (χ1) is 4.70. The van der Waals surface area contributed by atoms with Crippen molar-refractivity contribution < 1.29 is 0 Å². The number of hydrogen-bond acceptors (Lipinski definition) is 0. The SMILES string of the molecule is Cc1cc[c]([Ge]([Cl])[Cl])cc1. The van der Waals surface area contributed by atoms with Crippen LogP contribution in [-0.2, 0) is 0 Å². The van der Waals surface area contributed by atoms with E-state index in [0.717, 1.165) is 4.40 Å². The van der Waals surface area contributed by atoms with Gasteiger partial charge in [-0.2, -0.15) is 0 Å². The summed E-state index contributed by atoms with van der Waals surface area (Å²) in [5.74, 6) is 0. The van der Waals surface area contributed by atoms with Gasteiger partial charge in [0.1, 0.15) is 0 Å². The van der Waals surface area contributed by atoms with E-state index in [1.54, 1.807) is 0 Å². The third-order valence-electron chi connectivity index (χ3n) is 1.27. The van der Waals surface area contributed by atoms with Crippen LogP contribution in [0.2, 0.25) is 0 Å². The van der Waals surface area contributed by atoms with Gasteiger partial charge in [-0.15, -0.1) is 0 Å². The minimum absolute atomic E-state index is 1.12. The number of aryl methyl sites for hydroxylation is 1. The maximum atomic E-state index is 5.79. The molecule has 0 atom stereocenters. The van der Waals surface area contributed by atoms with Crippen molar-refractivity contribution in [1.82, 2.24) is 0 Å². The molecule has 0 bridgehead atoms. The topological polar surface area (TPSA) is 0 Å². The fourth-order valence-electron chi connectivity index (χ4n) is 0.680. The Kier molecular flexibility index (Phi) is 3.08. The van der Waals surface area contributed by atoms with Crippen LogP contribution in [0.25, 0.3) is 0 Å². The Morgan fingerprint density at radius 1 is 1.10 bits per heavy atom. The Morgan fingerprint density at radius 3 is 2.00 bits per heavy atom. The summed E-state index contributed by atoms with van der Waals surface area (Å²) in [7, 11) is 11.6. The average Bonchev–Trinajstić information content (AvgIpc) is 1.88. The van der Waals surface area contributed by atoms with Crippen LogP contribution in [0.5, 0.6) is 0 Å². The van der Waals surface area contributed by atoms with Crippen molar-refractivity contribution in [2.75, 3.05) is 0 Å².